The third-order valence-corrected chi connectivity index (χ3v) is 1.10. The van der Waals surface area contributed by atoms with E-state index in [1.807, 2.05) is 5.32 Å². The summed E-state index contributed by atoms with van der Waals surface area (Å²) in [5.74, 6) is 0. The summed E-state index contributed by atoms with van der Waals surface area (Å²) in [6, 6.07) is 0. The highest BCUT2D eigenvalue weighted by Crippen LogP contribution is 2.22. The maximum atomic E-state index is 12.0. The van der Waals surface area contributed by atoms with Gasteiger partial charge in [0, 0.05) is 5.54 Å². The van der Waals surface area contributed by atoms with Crippen LogP contribution in [0, 0.1) is 0 Å². The average molecular weight is 183 g/mol. The molecule has 0 aliphatic heterocycles. The molecule has 0 heterocycles. The second-order valence-electron chi connectivity index (χ2n) is 3.16. The van der Waals surface area contributed by atoms with E-state index >= 15 is 0 Å². The molecule has 0 aromatic carbocycles. The molecule has 0 aliphatic carbocycles. The van der Waals surface area contributed by atoms with Crippen LogP contribution in [-0.4, -0.2) is 28.0 Å². The van der Waals surface area contributed by atoms with E-state index in [0.29, 0.717) is 0 Å². The molecule has 0 aromatic rings. The van der Waals surface area contributed by atoms with Crippen molar-refractivity contribution < 1.29 is 23.8 Å². The zero-order valence-electron chi connectivity index (χ0n) is 6.77. The van der Waals surface area contributed by atoms with Crippen molar-refractivity contribution in [2.75, 3.05) is 0 Å². The SMILES string of the molecule is CC(C)(CC(O)(F)F)NC(=O)O. The third-order valence-electron chi connectivity index (χ3n) is 1.10. The topological polar surface area (TPSA) is 69.6 Å². The number of hydrogen-bond donors (Lipinski definition) is 3. The molecule has 0 bridgehead atoms. The van der Waals surface area contributed by atoms with E-state index in [1.165, 1.54) is 13.8 Å². The van der Waals surface area contributed by atoms with Crippen molar-refractivity contribution in [3.8, 4) is 0 Å². The zero-order valence-corrected chi connectivity index (χ0v) is 6.77. The lowest BCUT2D eigenvalue weighted by Gasteiger charge is -2.26. The molecule has 0 atom stereocenters. The normalized spacial score (nSPS) is 12.8. The first-order valence-corrected chi connectivity index (χ1v) is 3.24. The summed E-state index contributed by atoms with van der Waals surface area (Å²) in [6.07, 6.45) is -6.21. The van der Waals surface area contributed by atoms with Crippen molar-refractivity contribution in [3.05, 3.63) is 0 Å². The Bertz CT molecular complexity index is 176. The Morgan fingerprint density at radius 1 is 1.50 bits per heavy atom. The molecule has 72 valence electrons. The van der Waals surface area contributed by atoms with E-state index in [-0.39, 0.29) is 0 Å². The van der Waals surface area contributed by atoms with Gasteiger partial charge in [-0.2, -0.15) is 8.78 Å². The number of rotatable bonds is 3. The lowest BCUT2D eigenvalue weighted by atomic mass is 10.0. The number of amides is 1. The van der Waals surface area contributed by atoms with Crippen molar-refractivity contribution in [3.63, 3.8) is 0 Å². The van der Waals surface area contributed by atoms with Gasteiger partial charge in [-0.25, -0.2) is 4.79 Å². The lowest BCUT2D eigenvalue weighted by Crippen LogP contribution is -2.46. The molecule has 0 fully saturated rings. The summed E-state index contributed by atoms with van der Waals surface area (Å²) in [7, 11) is 0. The highest BCUT2D eigenvalue weighted by atomic mass is 19.3. The van der Waals surface area contributed by atoms with Gasteiger partial charge < -0.3 is 15.5 Å². The van der Waals surface area contributed by atoms with Gasteiger partial charge in [-0.1, -0.05) is 0 Å². The van der Waals surface area contributed by atoms with Crippen LogP contribution in [0.4, 0.5) is 13.6 Å². The molecule has 0 rings (SSSR count). The Morgan fingerprint density at radius 2 is 1.92 bits per heavy atom. The minimum absolute atomic E-state index is 0.952. The largest absolute Gasteiger partial charge is 0.465 e. The van der Waals surface area contributed by atoms with Crippen LogP contribution in [0.2, 0.25) is 0 Å². The van der Waals surface area contributed by atoms with Gasteiger partial charge in [-0.15, -0.1) is 0 Å². The van der Waals surface area contributed by atoms with Gasteiger partial charge >= 0.3 is 12.2 Å². The molecular formula is C6H11F2NO3. The van der Waals surface area contributed by atoms with E-state index in [9.17, 15) is 13.6 Å². The fraction of sp³-hybridized carbons (Fsp3) is 0.833. The predicted molar refractivity (Wildman–Crippen MR) is 37.0 cm³/mol. The average Bonchev–Trinajstić information content (AvgIpc) is 1.48. The Morgan fingerprint density at radius 3 is 2.17 bits per heavy atom. The minimum Gasteiger partial charge on any atom is -0.465 e. The van der Waals surface area contributed by atoms with Gasteiger partial charge in [0.1, 0.15) is 0 Å². The van der Waals surface area contributed by atoms with E-state index in [2.05, 4.69) is 0 Å². The Kier molecular flexibility index (Phi) is 2.98. The second kappa shape index (κ2) is 3.22. The van der Waals surface area contributed by atoms with Gasteiger partial charge in [0.2, 0.25) is 0 Å². The molecule has 0 spiro atoms. The maximum absolute atomic E-state index is 12.0. The highest BCUT2D eigenvalue weighted by Gasteiger charge is 2.35. The zero-order chi connectivity index (χ0) is 9.99. The number of nitrogens with one attached hydrogen (secondary N) is 1. The summed E-state index contributed by atoms with van der Waals surface area (Å²) in [4.78, 5) is 10.1. The molecule has 1 amide bonds. The van der Waals surface area contributed by atoms with Crippen molar-refractivity contribution in [2.45, 2.75) is 31.9 Å². The number of alkyl halides is 2. The van der Waals surface area contributed by atoms with E-state index < -0.39 is 24.2 Å². The van der Waals surface area contributed by atoms with Crippen molar-refractivity contribution in [1.29, 1.82) is 0 Å². The van der Waals surface area contributed by atoms with E-state index in [4.69, 9.17) is 10.2 Å². The van der Waals surface area contributed by atoms with Gasteiger partial charge in [0.05, 0.1) is 6.42 Å². The van der Waals surface area contributed by atoms with E-state index in [1.54, 1.807) is 0 Å². The van der Waals surface area contributed by atoms with Crippen LogP contribution in [0.25, 0.3) is 0 Å². The van der Waals surface area contributed by atoms with Crippen LogP contribution in [0.5, 0.6) is 0 Å². The van der Waals surface area contributed by atoms with Crippen molar-refractivity contribution >= 4 is 6.09 Å². The molecule has 3 N–H and O–H groups in total. The van der Waals surface area contributed by atoms with Gasteiger partial charge in [-0.3, -0.25) is 0 Å². The standard InChI is InChI=1S/C6H11F2NO3/c1-5(2,9-4(10)11)3-6(7,8)12/h9,12H,3H2,1-2H3,(H,10,11). The first-order chi connectivity index (χ1) is 5.12. The molecule has 4 nitrogen and oxygen atoms in total. The molecule has 12 heavy (non-hydrogen) atoms. The fourth-order valence-corrected chi connectivity index (χ4v) is 0.865. The second-order valence-corrected chi connectivity index (χ2v) is 3.16. The van der Waals surface area contributed by atoms with Crippen LogP contribution in [-0.2, 0) is 0 Å². The Hall–Kier alpha value is -0.910. The molecule has 6 heteroatoms. The number of carboxylic acid groups (broad SMARTS) is 1. The smallest absolute Gasteiger partial charge is 0.405 e. The summed E-state index contributed by atoms with van der Waals surface area (Å²) < 4.78 is 24.0. The quantitative estimate of drug-likeness (QED) is 0.611. The van der Waals surface area contributed by atoms with E-state index in [0.717, 1.165) is 0 Å². The molecule has 0 radical (unpaired) electrons. The first-order valence-electron chi connectivity index (χ1n) is 3.24. The summed E-state index contributed by atoms with van der Waals surface area (Å²) >= 11 is 0. The maximum Gasteiger partial charge on any atom is 0.405 e. The number of aliphatic hydroxyl groups is 1. The van der Waals surface area contributed by atoms with Gasteiger partial charge in [0.25, 0.3) is 0 Å². The highest BCUT2D eigenvalue weighted by molar-refractivity contribution is 5.65. The van der Waals surface area contributed by atoms with Crippen LogP contribution < -0.4 is 5.32 Å². The Balaban J connectivity index is 4.13. The summed E-state index contributed by atoms with van der Waals surface area (Å²) in [5.41, 5.74) is -1.34. The predicted octanol–water partition coefficient (Wildman–Crippen LogP) is 1.01. The van der Waals surface area contributed by atoms with Crippen LogP contribution in [0.15, 0.2) is 0 Å². The van der Waals surface area contributed by atoms with Crippen molar-refractivity contribution in [2.24, 2.45) is 0 Å². The monoisotopic (exact) mass is 183 g/mol. The first kappa shape index (κ1) is 11.1. The minimum atomic E-state index is -3.86. The molecule has 0 saturated heterocycles. The van der Waals surface area contributed by atoms with Crippen LogP contribution in [0.3, 0.4) is 0 Å². The van der Waals surface area contributed by atoms with Crippen LogP contribution in [0.1, 0.15) is 20.3 Å². The van der Waals surface area contributed by atoms with Crippen LogP contribution >= 0.6 is 0 Å². The molecule has 0 unspecified atom stereocenters. The molecule has 0 aliphatic rings. The van der Waals surface area contributed by atoms with Gasteiger partial charge in [-0.05, 0) is 13.8 Å². The molecular weight excluding hydrogens is 172 g/mol. The third kappa shape index (κ3) is 5.84. The molecule has 0 saturated carbocycles. The number of hydrogen-bond acceptors (Lipinski definition) is 2. The van der Waals surface area contributed by atoms with Crippen molar-refractivity contribution in [1.82, 2.24) is 5.32 Å². The van der Waals surface area contributed by atoms with Gasteiger partial charge in [0.15, 0.2) is 0 Å². The lowest BCUT2D eigenvalue weighted by molar-refractivity contribution is -0.212. The Labute approximate surface area is 68.2 Å². The molecule has 0 aromatic heterocycles. The number of carbonyl (C=O) groups is 1. The summed E-state index contributed by atoms with van der Waals surface area (Å²) in [5, 5.41) is 18.2. The number of halogens is 2. The summed E-state index contributed by atoms with van der Waals surface area (Å²) in [6.45, 7) is 2.51. The fourth-order valence-electron chi connectivity index (χ4n) is 0.865.